The first-order valence-corrected chi connectivity index (χ1v) is 7.92. The number of aromatic amines is 1. The molecule has 0 radical (unpaired) electrons. The lowest BCUT2D eigenvalue weighted by Gasteiger charge is -2.04. The largest absolute Gasteiger partial charge is 0.350 e. The Bertz CT molecular complexity index is 1020. The van der Waals surface area contributed by atoms with Gasteiger partial charge < -0.3 is 5.73 Å². The van der Waals surface area contributed by atoms with E-state index in [1.165, 1.54) is 4.40 Å². The van der Waals surface area contributed by atoms with Crippen molar-refractivity contribution in [2.45, 2.75) is 6.54 Å². The first-order valence-electron chi connectivity index (χ1n) is 7.92. The van der Waals surface area contributed by atoms with Gasteiger partial charge >= 0.3 is 5.69 Å². The summed E-state index contributed by atoms with van der Waals surface area (Å²) in [7, 11) is 3.86. The van der Waals surface area contributed by atoms with Gasteiger partial charge in [0.15, 0.2) is 5.65 Å². The van der Waals surface area contributed by atoms with Gasteiger partial charge in [0.2, 0.25) is 0 Å². The first kappa shape index (κ1) is 17.7. The van der Waals surface area contributed by atoms with Gasteiger partial charge in [-0.2, -0.15) is 8.78 Å². The monoisotopic (exact) mass is 361 g/mol. The number of nitrogens with zero attached hydrogens (tertiary/aromatic N) is 4. The molecule has 0 saturated heterocycles. The second-order valence-corrected chi connectivity index (χ2v) is 6.01. The predicted octanol–water partition coefficient (Wildman–Crippen LogP) is 1.15. The molecule has 0 aromatic carbocycles. The fourth-order valence-electron chi connectivity index (χ4n) is 2.56. The minimum absolute atomic E-state index is 0.315. The Kier molecular flexibility index (Phi) is 4.81. The van der Waals surface area contributed by atoms with Gasteiger partial charge in [0.1, 0.15) is 0 Å². The van der Waals surface area contributed by atoms with E-state index in [9.17, 15) is 13.6 Å². The molecule has 0 saturated carbocycles. The number of nitrogens with two attached hydrogens (primary N) is 1. The van der Waals surface area contributed by atoms with Crippen LogP contribution in [0.1, 0.15) is 0 Å². The predicted molar refractivity (Wildman–Crippen MR) is 94.1 cm³/mol. The van der Waals surface area contributed by atoms with Crippen LogP contribution in [-0.4, -0.2) is 34.8 Å². The van der Waals surface area contributed by atoms with Crippen LogP contribution in [0.2, 0.25) is 0 Å². The number of anilines is 1. The molecule has 3 aromatic heterocycles. The fourth-order valence-corrected chi connectivity index (χ4v) is 2.56. The van der Waals surface area contributed by atoms with Crippen LogP contribution >= 0.6 is 0 Å². The summed E-state index contributed by atoms with van der Waals surface area (Å²) in [6.07, 6.45) is 1.55. The number of hydrogen-bond acceptors (Lipinski definition) is 4. The third-order valence-corrected chi connectivity index (χ3v) is 4.05. The summed E-state index contributed by atoms with van der Waals surface area (Å²) in [5, 5.41) is 4.14. The standard InChI is InChI=1S/C17H18F2N6O/c1-23(2)14-4-3-12(9-21-14)11-5-6-24-15(7-11)22-25(17(24)26)10-13(8-20)16(18)19/h3-7,9H,8,10,20H2,1-2H3/p+1. The molecule has 0 atom stereocenters. The van der Waals surface area contributed by atoms with Crippen LogP contribution in [0.4, 0.5) is 14.6 Å². The second-order valence-electron chi connectivity index (χ2n) is 6.01. The van der Waals surface area contributed by atoms with Gasteiger partial charge in [-0.3, -0.25) is 9.30 Å². The smallest absolute Gasteiger partial charge is 0.327 e. The van der Waals surface area contributed by atoms with E-state index in [4.69, 9.17) is 5.73 Å². The van der Waals surface area contributed by atoms with Crippen molar-refractivity contribution in [2.75, 3.05) is 25.5 Å². The van der Waals surface area contributed by atoms with Crippen molar-refractivity contribution in [3.8, 4) is 11.1 Å². The fraction of sp³-hybridized carbons (Fsp3) is 0.235. The third-order valence-electron chi connectivity index (χ3n) is 4.05. The number of fused-ring (bicyclic) bond motifs is 1. The van der Waals surface area contributed by atoms with Crippen LogP contribution in [0.3, 0.4) is 0 Å². The molecule has 26 heavy (non-hydrogen) atoms. The van der Waals surface area contributed by atoms with Crippen molar-refractivity contribution >= 4 is 11.5 Å². The minimum Gasteiger partial charge on any atom is -0.327 e. The highest BCUT2D eigenvalue weighted by molar-refractivity contribution is 5.66. The Morgan fingerprint density at radius 3 is 2.62 bits per heavy atom. The summed E-state index contributed by atoms with van der Waals surface area (Å²) in [5.41, 5.74) is 6.64. The zero-order valence-corrected chi connectivity index (χ0v) is 14.4. The number of H-pyrrole nitrogens is 1. The quantitative estimate of drug-likeness (QED) is 0.739. The van der Waals surface area contributed by atoms with Crippen molar-refractivity contribution in [2.24, 2.45) is 5.73 Å². The molecular weight excluding hydrogens is 342 g/mol. The van der Waals surface area contributed by atoms with Crippen LogP contribution in [-0.2, 0) is 6.54 Å². The van der Waals surface area contributed by atoms with E-state index in [0.717, 1.165) is 21.6 Å². The van der Waals surface area contributed by atoms with E-state index in [1.807, 2.05) is 37.3 Å². The number of hydrogen-bond donors (Lipinski definition) is 1. The van der Waals surface area contributed by atoms with Gasteiger partial charge in [-0.25, -0.2) is 14.5 Å². The third kappa shape index (κ3) is 3.33. The summed E-state index contributed by atoms with van der Waals surface area (Å²) in [4.78, 5) is 17.4. The summed E-state index contributed by atoms with van der Waals surface area (Å²) in [5.74, 6) is 0.949. The molecule has 0 unspecified atom stereocenters. The van der Waals surface area contributed by atoms with E-state index in [-0.39, 0.29) is 18.7 Å². The van der Waals surface area contributed by atoms with E-state index < -0.39 is 11.8 Å². The van der Waals surface area contributed by atoms with E-state index in [1.54, 1.807) is 18.3 Å². The second kappa shape index (κ2) is 7.04. The van der Waals surface area contributed by atoms with Crippen molar-refractivity contribution in [1.82, 2.24) is 14.2 Å². The molecule has 0 aliphatic carbocycles. The minimum atomic E-state index is -1.88. The van der Waals surface area contributed by atoms with Crippen molar-refractivity contribution in [1.29, 1.82) is 0 Å². The van der Waals surface area contributed by atoms with Gasteiger partial charge in [-0.1, -0.05) is 0 Å². The van der Waals surface area contributed by atoms with Gasteiger partial charge in [0.05, 0.1) is 26.8 Å². The van der Waals surface area contributed by atoms with E-state index in [0.29, 0.717) is 5.65 Å². The topological polar surface area (TPSA) is 82.7 Å². The average molecular weight is 361 g/mol. The molecule has 136 valence electrons. The normalized spacial score (nSPS) is 11.0. The van der Waals surface area contributed by atoms with E-state index in [2.05, 4.69) is 10.1 Å². The lowest BCUT2D eigenvalue weighted by atomic mass is 10.1. The molecule has 3 heterocycles. The summed E-state index contributed by atoms with van der Waals surface area (Å²) in [6, 6.07) is 7.38. The number of pyridine rings is 2. The Hall–Kier alpha value is -3.07. The highest BCUT2D eigenvalue weighted by atomic mass is 19.3. The summed E-state index contributed by atoms with van der Waals surface area (Å²) < 4.78 is 27.9. The zero-order chi connectivity index (χ0) is 18.8. The Labute approximate surface area is 148 Å². The number of rotatable bonds is 5. The molecular formula is C17H19F2N6O+. The molecule has 0 bridgehead atoms. The van der Waals surface area contributed by atoms with Gasteiger partial charge in [-0.15, -0.1) is 5.10 Å². The highest BCUT2D eigenvalue weighted by Gasteiger charge is 2.13. The molecule has 9 heteroatoms. The molecule has 7 nitrogen and oxygen atoms in total. The maximum atomic E-state index is 12.8. The number of nitrogens with one attached hydrogen (secondary N) is 1. The Morgan fingerprint density at radius 2 is 2.04 bits per heavy atom. The van der Waals surface area contributed by atoms with Crippen LogP contribution in [0.25, 0.3) is 16.8 Å². The SMILES string of the molecule is CN(C)c1ccc(-c2ccn3c(=O)n(CC(CN)=C(F)F)nc3c2)c[nH+]1. The Morgan fingerprint density at radius 1 is 1.27 bits per heavy atom. The summed E-state index contributed by atoms with van der Waals surface area (Å²) >= 11 is 0. The van der Waals surface area contributed by atoms with Gasteiger partial charge in [0.25, 0.3) is 11.9 Å². The lowest BCUT2D eigenvalue weighted by molar-refractivity contribution is -0.362. The van der Waals surface area contributed by atoms with Crippen molar-refractivity contribution < 1.29 is 13.8 Å². The van der Waals surface area contributed by atoms with Crippen LogP contribution < -0.4 is 21.3 Å². The van der Waals surface area contributed by atoms with E-state index >= 15 is 0 Å². The van der Waals surface area contributed by atoms with Gasteiger partial charge in [-0.05, 0) is 23.8 Å². The maximum absolute atomic E-state index is 12.8. The molecule has 0 amide bonds. The van der Waals surface area contributed by atoms with Crippen molar-refractivity contribution in [3.63, 3.8) is 0 Å². The average Bonchev–Trinajstić information content (AvgIpc) is 2.94. The molecule has 0 aliphatic heterocycles. The first-order chi connectivity index (χ1) is 12.4. The molecule has 3 aromatic rings. The van der Waals surface area contributed by atoms with Crippen LogP contribution in [0.15, 0.2) is 53.1 Å². The number of halogens is 2. The maximum Gasteiger partial charge on any atom is 0.350 e. The molecule has 0 aliphatic rings. The number of aromatic nitrogens is 4. The zero-order valence-electron chi connectivity index (χ0n) is 14.4. The summed E-state index contributed by atoms with van der Waals surface area (Å²) in [6.45, 7) is -0.665. The molecule has 0 fully saturated rings. The van der Waals surface area contributed by atoms with Crippen LogP contribution in [0.5, 0.6) is 0 Å². The lowest BCUT2D eigenvalue weighted by Crippen LogP contribution is -2.24. The molecule has 0 spiro atoms. The molecule has 3 rings (SSSR count). The van der Waals surface area contributed by atoms with Crippen LogP contribution in [0, 0.1) is 0 Å². The van der Waals surface area contributed by atoms with Gasteiger partial charge in [0, 0.05) is 29.9 Å². The highest BCUT2D eigenvalue weighted by Crippen LogP contribution is 2.19. The van der Waals surface area contributed by atoms with Crippen molar-refractivity contribution in [3.05, 3.63) is 58.8 Å². The molecule has 3 N–H and O–H groups in total. The Balaban J connectivity index is 1.99.